The molecule has 2 atom stereocenters. The quantitative estimate of drug-likeness (QED) is 0.476. The van der Waals surface area contributed by atoms with Crippen molar-refractivity contribution in [3.63, 3.8) is 0 Å². The highest BCUT2D eigenvalue weighted by atomic mass is 19.1. The molecule has 0 bridgehead atoms. The largest absolute Gasteiger partial charge is 0.294 e. The molecular formula is C29H26FNO2. The van der Waals surface area contributed by atoms with Crippen molar-refractivity contribution in [2.75, 3.05) is 4.90 Å². The van der Waals surface area contributed by atoms with Crippen LogP contribution in [0.15, 0.2) is 84.1 Å². The molecule has 33 heavy (non-hydrogen) atoms. The molecule has 1 amide bonds. The predicted octanol–water partition coefficient (Wildman–Crippen LogP) is 6.36. The Labute approximate surface area is 193 Å². The number of carbonyl (C=O) groups excluding carboxylic acids is 2. The first kappa shape index (κ1) is 21.3. The van der Waals surface area contributed by atoms with E-state index in [2.05, 4.69) is 0 Å². The Bertz CT molecular complexity index is 1280. The molecule has 3 nitrogen and oxygen atoms in total. The zero-order valence-corrected chi connectivity index (χ0v) is 18.8. The molecular weight excluding hydrogens is 413 g/mol. The molecule has 0 spiro atoms. The fraction of sp³-hybridized carbons (Fsp3) is 0.241. The molecule has 2 unspecified atom stereocenters. The summed E-state index contributed by atoms with van der Waals surface area (Å²) in [6.45, 7) is 4.05. The third-order valence-electron chi connectivity index (χ3n) is 7.03. The second-order valence-electron chi connectivity index (χ2n) is 9.08. The van der Waals surface area contributed by atoms with E-state index in [1.54, 1.807) is 23.1 Å². The first-order valence-corrected chi connectivity index (χ1v) is 11.4. The van der Waals surface area contributed by atoms with E-state index in [9.17, 15) is 14.0 Å². The van der Waals surface area contributed by atoms with Crippen molar-refractivity contribution in [2.45, 2.75) is 44.9 Å². The minimum atomic E-state index is -0.555. The number of aryl methyl sites for hydroxylation is 2. The molecule has 4 heteroatoms. The number of allylic oxidation sites excluding steroid dienone is 2. The van der Waals surface area contributed by atoms with Crippen LogP contribution < -0.4 is 4.90 Å². The van der Waals surface area contributed by atoms with Crippen molar-refractivity contribution in [3.8, 4) is 0 Å². The van der Waals surface area contributed by atoms with Crippen LogP contribution >= 0.6 is 0 Å². The molecule has 1 aliphatic heterocycles. The summed E-state index contributed by atoms with van der Waals surface area (Å²) in [5, 5.41) is 0. The molecule has 3 aromatic rings. The van der Waals surface area contributed by atoms with Crippen LogP contribution in [-0.2, 0) is 9.59 Å². The third kappa shape index (κ3) is 3.80. The van der Waals surface area contributed by atoms with Crippen LogP contribution in [0.4, 0.5) is 10.1 Å². The monoisotopic (exact) mass is 439 g/mol. The second-order valence-corrected chi connectivity index (χ2v) is 9.08. The number of ketones is 1. The first-order chi connectivity index (χ1) is 15.9. The van der Waals surface area contributed by atoms with Crippen molar-refractivity contribution < 1.29 is 14.0 Å². The fourth-order valence-corrected chi connectivity index (χ4v) is 5.18. The molecule has 0 radical (unpaired) electrons. The molecule has 166 valence electrons. The molecule has 1 heterocycles. The van der Waals surface area contributed by atoms with Crippen LogP contribution in [0.3, 0.4) is 0 Å². The molecule has 0 saturated carbocycles. The van der Waals surface area contributed by atoms with E-state index in [0.29, 0.717) is 29.7 Å². The van der Waals surface area contributed by atoms with Crippen molar-refractivity contribution in [3.05, 3.63) is 112 Å². The standard InChI is InChI=1S/C29H26FNO2/c1-18-12-13-22(14-19(18)2)31-26-15-21(20-8-4-3-5-9-20)16-27(32)29(26)24(17-28(31)33)23-10-6-7-11-25(23)30/h3-14,21,24H,15-17H2,1-2H3. The third-order valence-corrected chi connectivity index (χ3v) is 7.03. The Morgan fingerprint density at radius 1 is 0.818 bits per heavy atom. The second kappa shape index (κ2) is 8.43. The van der Waals surface area contributed by atoms with Gasteiger partial charge in [0.1, 0.15) is 5.82 Å². The number of halogens is 1. The summed E-state index contributed by atoms with van der Waals surface area (Å²) in [4.78, 5) is 28.9. The Hall–Kier alpha value is -3.53. The predicted molar refractivity (Wildman–Crippen MR) is 128 cm³/mol. The van der Waals surface area contributed by atoms with E-state index in [4.69, 9.17) is 0 Å². The average Bonchev–Trinajstić information content (AvgIpc) is 2.81. The molecule has 3 aromatic carbocycles. The number of hydrogen-bond donors (Lipinski definition) is 0. The summed E-state index contributed by atoms with van der Waals surface area (Å²) in [6.07, 6.45) is 1.01. The maximum absolute atomic E-state index is 14.8. The number of benzene rings is 3. The van der Waals surface area contributed by atoms with Gasteiger partial charge in [0.05, 0.1) is 0 Å². The smallest absolute Gasteiger partial charge is 0.232 e. The number of nitrogens with zero attached hydrogens (tertiary/aromatic N) is 1. The van der Waals surface area contributed by atoms with Gasteiger partial charge in [-0.15, -0.1) is 0 Å². The van der Waals surface area contributed by atoms with Gasteiger partial charge in [-0.25, -0.2) is 4.39 Å². The average molecular weight is 440 g/mol. The summed E-state index contributed by atoms with van der Waals surface area (Å²) in [7, 11) is 0. The van der Waals surface area contributed by atoms with E-state index in [1.165, 1.54) is 6.07 Å². The summed E-state index contributed by atoms with van der Waals surface area (Å²) in [6, 6.07) is 22.4. The lowest BCUT2D eigenvalue weighted by Gasteiger charge is -2.40. The highest BCUT2D eigenvalue weighted by molar-refractivity contribution is 6.08. The Kier molecular flexibility index (Phi) is 5.45. The summed E-state index contributed by atoms with van der Waals surface area (Å²) >= 11 is 0. The lowest BCUT2D eigenvalue weighted by atomic mass is 9.72. The van der Waals surface area contributed by atoms with E-state index in [1.807, 2.05) is 62.4 Å². The number of rotatable bonds is 3. The Morgan fingerprint density at radius 3 is 2.27 bits per heavy atom. The van der Waals surface area contributed by atoms with Crippen molar-refractivity contribution in [2.24, 2.45) is 0 Å². The van der Waals surface area contributed by atoms with Crippen molar-refractivity contribution in [1.29, 1.82) is 0 Å². The van der Waals surface area contributed by atoms with E-state index in [0.717, 1.165) is 22.4 Å². The lowest BCUT2D eigenvalue weighted by Crippen LogP contribution is -2.42. The van der Waals surface area contributed by atoms with E-state index in [-0.39, 0.29) is 29.8 Å². The van der Waals surface area contributed by atoms with Gasteiger partial charge in [0, 0.05) is 35.7 Å². The van der Waals surface area contributed by atoms with Gasteiger partial charge in [-0.3, -0.25) is 14.5 Å². The molecule has 2 aliphatic rings. The zero-order chi connectivity index (χ0) is 23.1. The highest BCUT2D eigenvalue weighted by Gasteiger charge is 2.43. The summed E-state index contributed by atoms with van der Waals surface area (Å²) in [5.41, 5.74) is 5.80. The van der Waals surface area contributed by atoms with Gasteiger partial charge < -0.3 is 0 Å². The SMILES string of the molecule is Cc1ccc(N2C(=O)CC(c3ccccc3F)C3=C2CC(c2ccccc2)CC3=O)cc1C. The Balaban J connectivity index is 1.68. The molecule has 0 saturated heterocycles. The van der Waals surface area contributed by atoms with E-state index < -0.39 is 5.92 Å². The van der Waals surface area contributed by atoms with Gasteiger partial charge in [0.25, 0.3) is 0 Å². The van der Waals surface area contributed by atoms with Crippen molar-refractivity contribution >= 4 is 17.4 Å². The van der Waals surface area contributed by atoms with Gasteiger partial charge >= 0.3 is 0 Å². The van der Waals surface area contributed by atoms with Gasteiger partial charge in [-0.1, -0.05) is 54.6 Å². The van der Waals surface area contributed by atoms with Crippen LogP contribution in [0.2, 0.25) is 0 Å². The van der Waals surface area contributed by atoms with Crippen LogP contribution in [0.5, 0.6) is 0 Å². The maximum atomic E-state index is 14.8. The maximum Gasteiger partial charge on any atom is 0.232 e. The van der Waals surface area contributed by atoms with Gasteiger partial charge in [-0.05, 0) is 66.6 Å². The summed E-state index contributed by atoms with van der Waals surface area (Å²) < 4.78 is 14.8. The topological polar surface area (TPSA) is 37.4 Å². The zero-order valence-electron chi connectivity index (χ0n) is 18.8. The van der Waals surface area contributed by atoms with Crippen molar-refractivity contribution in [1.82, 2.24) is 0 Å². The van der Waals surface area contributed by atoms with Gasteiger partial charge in [0.15, 0.2) is 5.78 Å². The van der Waals surface area contributed by atoms with Crippen LogP contribution in [-0.4, -0.2) is 11.7 Å². The molecule has 1 aliphatic carbocycles. The highest BCUT2D eigenvalue weighted by Crippen LogP contribution is 2.47. The minimum absolute atomic E-state index is 0.000287. The molecule has 0 fully saturated rings. The number of amides is 1. The summed E-state index contributed by atoms with van der Waals surface area (Å²) in [5.74, 6) is -1.05. The van der Waals surface area contributed by atoms with Crippen LogP contribution in [0.1, 0.15) is 53.4 Å². The Morgan fingerprint density at radius 2 is 1.55 bits per heavy atom. The minimum Gasteiger partial charge on any atom is -0.294 e. The molecule has 0 N–H and O–H groups in total. The fourth-order valence-electron chi connectivity index (χ4n) is 5.18. The molecule has 5 rings (SSSR count). The van der Waals surface area contributed by atoms with Crippen LogP contribution in [0.25, 0.3) is 0 Å². The van der Waals surface area contributed by atoms with Crippen LogP contribution in [0, 0.1) is 19.7 Å². The van der Waals surface area contributed by atoms with Gasteiger partial charge in [-0.2, -0.15) is 0 Å². The van der Waals surface area contributed by atoms with Gasteiger partial charge in [0.2, 0.25) is 5.91 Å². The number of anilines is 1. The normalized spacial score (nSPS) is 20.8. The number of Topliss-reactive ketones (excluding diaryl/α,β-unsaturated/α-hetero) is 1. The number of hydrogen-bond acceptors (Lipinski definition) is 2. The first-order valence-electron chi connectivity index (χ1n) is 11.4. The lowest BCUT2D eigenvalue weighted by molar-refractivity contribution is -0.120. The van der Waals surface area contributed by atoms with E-state index >= 15 is 0 Å². The molecule has 0 aromatic heterocycles. The number of carbonyl (C=O) groups is 2.